The average Bonchev–Trinajstić information content (AvgIpc) is 2.74. The van der Waals surface area contributed by atoms with E-state index in [1.807, 2.05) is 102 Å². The van der Waals surface area contributed by atoms with Crippen LogP contribution in [0.1, 0.15) is 60.1 Å². The number of ether oxygens (including phenoxy) is 2. The highest BCUT2D eigenvalue weighted by molar-refractivity contribution is 6.14. The fourth-order valence-corrected chi connectivity index (χ4v) is 2.70. The van der Waals surface area contributed by atoms with Crippen LogP contribution in [0.5, 0.6) is 0 Å². The first-order valence-corrected chi connectivity index (χ1v) is 10.8. The van der Waals surface area contributed by atoms with Crippen LogP contribution in [0.25, 0.3) is 5.57 Å². The lowest BCUT2D eigenvalue weighted by Crippen LogP contribution is -2.25. The van der Waals surface area contributed by atoms with Crippen molar-refractivity contribution in [3.63, 3.8) is 0 Å². The SMILES string of the molecule is C.CC(C)(C)COC(=O)C(=CC=C(c1ccccc1)c1ccccc1)C(=O)OCC(C)(C)C. The summed E-state index contributed by atoms with van der Waals surface area (Å²) in [6, 6.07) is 19.6. The van der Waals surface area contributed by atoms with Crippen molar-refractivity contribution in [1.82, 2.24) is 0 Å². The molecule has 0 amide bonds. The van der Waals surface area contributed by atoms with Gasteiger partial charge in [-0.3, -0.25) is 0 Å². The van der Waals surface area contributed by atoms with E-state index in [0.717, 1.165) is 16.7 Å². The Bertz CT molecular complexity index is 883. The number of allylic oxidation sites excluding steroid dienone is 2. The van der Waals surface area contributed by atoms with Crippen molar-refractivity contribution < 1.29 is 19.1 Å². The van der Waals surface area contributed by atoms with Gasteiger partial charge in [0.2, 0.25) is 0 Å². The third kappa shape index (κ3) is 9.90. The Kier molecular flexibility index (Phi) is 10.3. The minimum absolute atomic E-state index is 0. The number of hydrogen-bond donors (Lipinski definition) is 0. The average molecular weight is 451 g/mol. The highest BCUT2D eigenvalue weighted by atomic mass is 16.6. The predicted octanol–water partition coefficient (Wildman–Crippen LogP) is 6.86. The zero-order valence-corrected chi connectivity index (χ0v) is 20.0. The molecule has 0 spiro atoms. The first kappa shape index (κ1) is 27.9. The van der Waals surface area contributed by atoms with Gasteiger partial charge in [0.05, 0.1) is 13.2 Å². The van der Waals surface area contributed by atoms with E-state index < -0.39 is 11.9 Å². The number of rotatable bonds is 7. The molecule has 0 radical (unpaired) electrons. The normalized spacial score (nSPS) is 11.0. The number of benzene rings is 2. The van der Waals surface area contributed by atoms with Crippen LogP contribution in [0.4, 0.5) is 0 Å². The van der Waals surface area contributed by atoms with Gasteiger partial charge in [-0.2, -0.15) is 0 Å². The second kappa shape index (κ2) is 12.2. The highest BCUT2D eigenvalue weighted by Gasteiger charge is 2.25. The van der Waals surface area contributed by atoms with Gasteiger partial charge in [-0.1, -0.05) is 116 Å². The fourth-order valence-electron chi connectivity index (χ4n) is 2.70. The maximum atomic E-state index is 12.8. The van der Waals surface area contributed by atoms with Crippen LogP contribution in [0.2, 0.25) is 0 Å². The summed E-state index contributed by atoms with van der Waals surface area (Å²) in [5, 5.41) is 0. The zero-order valence-electron chi connectivity index (χ0n) is 20.0. The maximum Gasteiger partial charge on any atom is 0.345 e. The maximum absolute atomic E-state index is 12.8. The van der Waals surface area contributed by atoms with Gasteiger partial charge in [0.15, 0.2) is 0 Å². The summed E-state index contributed by atoms with van der Waals surface area (Å²) in [6.07, 6.45) is 3.28. The third-order valence-corrected chi connectivity index (χ3v) is 4.30. The lowest BCUT2D eigenvalue weighted by atomic mass is 9.97. The smallest absolute Gasteiger partial charge is 0.345 e. The lowest BCUT2D eigenvalue weighted by Gasteiger charge is -2.20. The summed E-state index contributed by atoms with van der Waals surface area (Å²) >= 11 is 0. The molecule has 2 aromatic rings. The van der Waals surface area contributed by atoms with Gasteiger partial charge >= 0.3 is 11.9 Å². The molecule has 2 rings (SSSR count). The molecule has 0 unspecified atom stereocenters. The van der Waals surface area contributed by atoms with Gasteiger partial charge < -0.3 is 9.47 Å². The van der Waals surface area contributed by atoms with Gasteiger partial charge in [-0.25, -0.2) is 9.59 Å². The Labute approximate surface area is 199 Å². The first-order chi connectivity index (χ1) is 15.0. The summed E-state index contributed by atoms with van der Waals surface area (Å²) in [4.78, 5) is 25.6. The molecule has 0 saturated heterocycles. The van der Waals surface area contributed by atoms with Crippen molar-refractivity contribution in [1.29, 1.82) is 0 Å². The molecule has 178 valence electrons. The predicted molar refractivity (Wildman–Crippen MR) is 136 cm³/mol. The quantitative estimate of drug-likeness (QED) is 0.152. The topological polar surface area (TPSA) is 52.6 Å². The zero-order chi connectivity index (χ0) is 23.8. The Hall–Kier alpha value is -3.14. The van der Waals surface area contributed by atoms with Crippen LogP contribution in [0.3, 0.4) is 0 Å². The molecule has 4 heteroatoms. The van der Waals surface area contributed by atoms with E-state index in [0.29, 0.717) is 0 Å². The molecule has 33 heavy (non-hydrogen) atoms. The molecular formula is C29H38O4. The third-order valence-electron chi connectivity index (χ3n) is 4.30. The molecular weight excluding hydrogens is 412 g/mol. The monoisotopic (exact) mass is 450 g/mol. The molecule has 0 aliphatic carbocycles. The van der Waals surface area contributed by atoms with Crippen molar-refractivity contribution in [2.24, 2.45) is 10.8 Å². The van der Waals surface area contributed by atoms with Crippen LogP contribution < -0.4 is 0 Å². The lowest BCUT2D eigenvalue weighted by molar-refractivity contribution is -0.150. The number of hydrogen-bond acceptors (Lipinski definition) is 4. The van der Waals surface area contributed by atoms with Crippen LogP contribution >= 0.6 is 0 Å². The summed E-state index contributed by atoms with van der Waals surface area (Å²) in [7, 11) is 0. The van der Waals surface area contributed by atoms with Gasteiger partial charge in [0.25, 0.3) is 0 Å². The van der Waals surface area contributed by atoms with E-state index in [1.165, 1.54) is 6.08 Å². The Morgan fingerprint density at radius 3 is 1.36 bits per heavy atom. The molecule has 0 N–H and O–H groups in total. The molecule has 4 nitrogen and oxygen atoms in total. The second-order valence-corrected chi connectivity index (χ2v) is 10.2. The van der Waals surface area contributed by atoms with Crippen LogP contribution in [0.15, 0.2) is 78.4 Å². The standard InChI is InChI=1S/C28H34O4.CH4/c1-27(2,3)19-31-25(29)24(26(30)32-20-28(4,5)6)18-17-23(21-13-9-7-10-14-21)22-15-11-8-12-16-22;/h7-18H,19-20H2,1-6H3;1H4. The van der Waals surface area contributed by atoms with Crippen molar-refractivity contribution >= 4 is 17.5 Å². The van der Waals surface area contributed by atoms with Gasteiger partial charge in [-0.05, 0) is 33.6 Å². The van der Waals surface area contributed by atoms with Crippen LogP contribution in [-0.4, -0.2) is 25.2 Å². The minimum atomic E-state index is -0.685. The number of esters is 2. The van der Waals surface area contributed by atoms with Crippen molar-refractivity contribution in [2.75, 3.05) is 13.2 Å². The molecule has 0 fully saturated rings. The molecule has 0 aromatic heterocycles. The van der Waals surface area contributed by atoms with Gasteiger partial charge in [-0.15, -0.1) is 0 Å². The molecule has 0 heterocycles. The molecule has 0 bridgehead atoms. The molecule has 0 saturated carbocycles. The molecule has 0 atom stereocenters. The second-order valence-electron chi connectivity index (χ2n) is 10.2. The van der Waals surface area contributed by atoms with Crippen LogP contribution in [0, 0.1) is 10.8 Å². The van der Waals surface area contributed by atoms with Crippen molar-refractivity contribution in [3.05, 3.63) is 89.5 Å². The van der Waals surface area contributed by atoms with E-state index in [-0.39, 0.29) is 37.0 Å². The van der Waals surface area contributed by atoms with Crippen LogP contribution in [-0.2, 0) is 19.1 Å². The summed E-state index contributed by atoms with van der Waals surface area (Å²) < 4.78 is 10.9. The largest absolute Gasteiger partial charge is 0.461 e. The van der Waals surface area contributed by atoms with E-state index in [4.69, 9.17) is 9.47 Å². The summed E-state index contributed by atoms with van der Waals surface area (Å²) in [5.74, 6) is -1.37. The Balaban J connectivity index is 0.00000544. The van der Waals surface area contributed by atoms with E-state index in [1.54, 1.807) is 6.08 Å². The summed E-state index contributed by atoms with van der Waals surface area (Å²) in [6.45, 7) is 12.2. The molecule has 0 aliphatic heterocycles. The van der Waals surface area contributed by atoms with Gasteiger partial charge in [0, 0.05) is 0 Å². The minimum Gasteiger partial charge on any atom is -0.461 e. The Morgan fingerprint density at radius 1 is 0.667 bits per heavy atom. The fraction of sp³-hybridized carbons (Fsp3) is 0.379. The Morgan fingerprint density at radius 2 is 1.03 bits per heavy atom. The number of carbonyl (C=O) groups is 2. The summed E-state index contributed by atoms with van der Waals surface area (Å²) in [5.41, 5.74) is 2.27. The number of carbonyl (C=O) groups excluding carboxylic acids is 2. The van der Waals surface area contributed by atoms with E-state index in [9.17, 15) is 9.59 Å². The highest BCUT2D eigenvalue weighted by Crippen LogP contribution is 2.24. The first-order valence-electron chi connectivity index (χ1n) is 10.8. The van der Waals surface area contributed by atoms with E-state index in [2.05, 4.69) is 0 Å². The van der Waals surface area contributed by atoms with Gasteiger partial charge in [0.1, 0.15) is 5.57 Å². The molecule has 2 aromatic carbocycles. The molecule has 0 aliphatic rings. The van der Waals surface area contributed by atoms with Crippen molar-refractivity contribution in [3.8, 4) is 0 Å². The van der Waals surface area contributed by atoms with E-state index >= 15 is 0 Å². The van der Waals surface area contributed by atoms with Crippen molar-refractivity contribution in [2.45, 2.75) is 49.0 Å².